The zero-order valence-corrected chi connectivity index (χ0v) is 9.61. The van der Waals surface area contributed by atoms with Crippen LogP contribution in [0.2, 0.25) is 0 Å². The molecule has 0 heterocycles. The van der Waals surface area contributed by atoms with E-state index in [0.717, 1.165) is 30.1 Å². The molecule has 2 nitrogen and oxygen atoms in total. The zero-order chi connectivity index (χ0) is 10.5. The first-order valence-corrected chi connectivity index (χ1v) is 6.42. The molecule has 4 rings (SSSR count). The molecule has 4 saturated carbocycles. The third-order valence-corrected chi connectivity index (χ3v) is 5.31. The standard InChI is InChI=1S/C13H22O2/c1-15-13-6-9-4-10(7-13)12(2-3-14)11(5-9)8-13/h9-12,14H,2-8H2,1H3. The van der Waals surface area contributed by atoms with Gasteiger partial charge in [-0.2, -0.15) is 0 Å². The number of aliphatic hydroxyl groups is 1. The van der Waals surface area contributed by atoms with Crippen molar-refractivity contribution in [3.63, 3.8) is 0 Å². The average Bonchev–Trinajstić information content (AvgIpc) is 2.22. The van der Waals surface area contributed by atoms with Crippen LogP contribution in [0.5, 0.6) is 0 Å². The Labute approximate surface area is 92.0 Å². The fourth-order valence-corrected chi connectivity index (χ4v) is 4.93. The third-order valence-electron chi connectivity index (χ3n) is 5.31. The van der Waals surface area contributed by atoms with E-state index in [2.05, 4.69) is 0 Å². The summed E-state index contributed by atoms with van der Waals surface area (Å²) in [6.45, 7) is 0.377. The molecule has 1 N–H and O–H groups in total. The van der Waals surface area contributed by atoms with Crippen molar-refractivity contribution in [2.75, 3.05) is 13.7 Å². The lowest BCUT2D eigenvalue weighted by molar-refractivity contribution is -0.171. The predicted octanol–water partition coefficient (Wildman–Crippen LogP) is 2.21. The van der Waals surface area contributed by atoms with Gasteiger partial charge in [0.05, 0.1) is 5.60 Å². The minimum absolute atomic E-state index is 0.239. The summed E-state index contributed by atoms with van der Waals surface area (Å²) in [6.07, 6.45) is 7.69. The van der Waals surface area contributed by atoms with E-state index in [1.54, 1.807) is 0 Å². The van der Waals surface area contributed by atoms with E-state index in [9.17, 15) is 0 Å². The lowest BCUT2D eigenvalue weighted by Crippen LogP contribution is -2.55. The molecular weight excluding hydrogens is 188 g/mol. The summed E-state index contributed by atoms with van der Waals surface area (Å²) < 4.78 is 5.81. The van der Waals surface area contributed by atoms with Gasteiger partial charge in [0, 0.05) is 13.7 Å². The van der Waals surface area contributed by atoms with Crippen molar-refractivity contribution < 1.29 is 9.84 Å². The van der Waals surface area contributed by atoms with Crippen LogP contribution in [-0.4, -0.2) is 24.4 Å². The first-order chi connectivity index (χ1) is 7.26. The monoisotopic (exact) mass is 210 g/mol. The molecule has 4 aliphatic rings. The number of ether oxygens (including phenoxy) is 1. The summed E-state index contributed by atoms with van der Waals surface area (Å²) in [4.78, 5) is 0. The molecule has 0 aromatic rings. The lowest BCUT2D eigenvalue weighted by atomic mass is 9.49. The third kappa shape index (κ3) is 1.45. The quantitative estimate of drug-likeness (QED) is 0.774. The van der Waals surface area contributed by atoms with Crippen LogP contribution in [0, 0.1) is 23.7 Å². The minimum Gasteiger partial charge on any atom is -0.396 e. The molecule has 15 heavy (non-hydrogen) atoms. The highest BCUT2D eigenvalue weighted by Crippen LogP contribution is 2.60. The van der Waals surface area contributed by atoms with Crippen LogP contribution in [0.4, 0.5) is 0 Å². The maximum absolute atomic E-state index is 9.14. The molecule has 0 aliphatic heterocycles. The van der Waals surface area contributed by atoms with E-state index in [-0.39, 0.29) is 5.60 Å². The summed E-state index contributed by atoms with van der Waals surface area (Å²) in [5, 5.41) is 9.14. The van der Waals surface area contributed by atoms with Gasteiger partial charge in [-0.3, -0.25) is 0 Å². The average molecular weight is 210 g/mol. The molecule has 2 atom stereocenters. The van der Waals surface area contributed by atoms with Crippen molar-refractivity contribution in [3.05, 3.63) is 0 Å². The minimum atomic E-state index is 0.239. The van der Waals surface area contributed by atoms with Gasteiger partial charge < -0.3 is 9.84 Å². The molecular formula is C13H22O2. The molecule has 0 saturated heterocycles. The smallest absolute Gasteiger partial charge is 0.0687 e. The van der Waals surface area contributed by atoms with Gasteiger partial charge in [-0.1, -0.05) is 0 Å². The van der Waals surface area contributed by atoms with Crippen molar-refractivity contribution in [2.45, 2.75) is 44.1 Å². The fraction of sp³-hybridized carbons (Fsp3) is 1.00. The van der Waals surface area contributed by atoms with E-state index < -0.39 is 0 Å². The highest BCUT2D eigenvalue weighted by molar-refractivity contribution is 5.06. The number of aliphatic hydroxyl groups excluding tert-OH is 1. The summed E-state index contributed by atoms with van der Waals surface area (Å²) in [7, 11) is 1.90. The molecule has 0 spiro atoms. The zero-order valence-electron chi connectivity index (χ0n) is 9.61. The van der Waals surface area contributed by atoms with E-state index in [1.165, 1.54) is 32.1 Å². The Kier molecular flexibility index (Phi) is 2.33. The molecule has 0 radical (unpaired) electrons. The molecule has 2 heteroatoms. The van der Waals surface area contributed by atoms with Gasteiger partial charge in [-0.05, 0) is 62.2 Å². The highest BCUT2D eigenvalue weighted by atomic mass is 16.5. The summed E-state index contributed by atoms with van der Waals surface area (Å²) in [5.74, 6) is 3.43. The van der Waals surface area contributed by atoms with Gasteiger partial charge >= 0.3 is 0 Å². The van der Waals surface area contributed by atoms with Crippen LogP contribution >= 0.6 is 0 Å². The van der Waals surface area contributed by atoms with E-state index >= 15 is 0 Å². The van der Waals surface area contributed by atoms with Gasteiger partial charge in [0.2, 0.25) is 0 Å². The summed E-state index contributed by atoms with van der Waals surface area (Å²) in [5.41, 5.74) is 0.239. The second-order valence-corrected chi connectivity index (χ2v) is 6.03. The lowest BCUT2D eigenvalue weighted by Gasteiger charge is -2.59. The Balaban J connectivity index is 1.81. The van der Waals surface area contributed by atoms with Crippen molar-refractivity contribution in [1.29, 1.82) is 0 Å². The van der Waals surface area contributed by atoms with E-state index in [0.29, 0.717) is 6.61 Å². The van der Waals surface area contributed by atoms with Crippen molar-refractivity contribution in [2.24, 2.45) is 23.7 Å². The van der Waals surface area contributed by atoms with Crippen molar-refractivity contribution >= 4 is 0 Å². The number of methoxy groups -OCH3 is 1. The predicted molar refractivity (Wildman–Crippen MR) is 58.5 cm³/mol. The molecule has 86 valence electrons. The van der Waals surface area contributed by atoms with Crippen molar-refractivity contribution in [3.8, 4) is 0 Å². The Morgan fingerprint density at radius 3 is 2.40 bits per heavy atom. The SMILES string of the molecule is COC12CC3CC(C1)C(CCO)C(C3)C2. The number of hydrogen-bond acceptors (Lipinski definition) is 2. The highest BCUT2D eigenvalue weighted by Gasteiger charge is 2.55. The Hall–Kier alpha value is -0.0800. The second-order valence-electron chi connectivity index (χ2n) is 6.03. The number of hydrogen-bond donors (Lipinski definition) is 1. The van der Waals surface area contributed by atoms with Crippen LogP contribution in [0.25, 0.3) is 0 Å². The Morgan fingerprint density at radius 2 is 1.87 bits per heavy atom. The van der Waals surface area contributed by atoms with Crippen molar-refractivity contribution in [1.82, 2.24) is 0 Å². The van der Waals surface area contributed by atoms with Gasteiger partial charge in [0.1, 0.15) is 0 Å². The molecule has 4 bridgehead atoms. The summed E-state index contributed by atoms with van der Waals surface area (Å²) >= 11 is 0. The largest absolute Gasteiger partial charge is 0.396 e. The van der Waals surface area contributed by atoms with Crippen LogP contribution in [0.3, 0.4) is 0 Å². The molecule has 0 aromatic carbocycles. The normalized spacial score (nSPS) is 52.4. The van der Waals surface area contributed by atoms with Crippen LogP contribution in [0.1, 0.15) is 38.5 Å². The van der Waals surface area contributed by atoms with Gasteiger partial charge in [0.15, 0.2) is 0 Å². The van der Waals surface area contributed by atoms with E-state index in [4.69, 9.17) is 9.84 Å². The summed E-state index contributed by atoms with van der Waals surface area (Å²) in [6, 6.07) is 0. The van der Waals surface area contributed by atoms with Gasteiger partial charge in [-0.15, -0.1) is 0 Å². The molecule has 2 unspecified atom stereocenters. The second kappa shape index (κ2) is 3.46. The van der Waals surface area contributed by atoms with Gasteiger partial charge in [-0.25, -0.2) is 0 Å². The van der Waals surface area contributed by atoms with E-state index in [1.807, 2.05) is 7.11 Å². The van der Waals surface area contributed by atoms with Crippen LogP contribution < -0.4 is 0 Å². The Bertz CT molecular complexity index is 235. The van der Waals surface area contributed by atoms with Gasteiger partial charge in [0.25, 0.3) is 0 Å². The fourth-order valence-electron chi connectivity index (χ4n) is 4.93. The van der Waals surface area contributed by atoms with Crippen LogP contribution in [0.15, 0.2) is 0 Å². The van der Waals surface area contributed by atoms with Crippen LogP contribution in [-0.2, 0) is 4.74 Å². The molecule has 4 aliphatic carbocycles. The topological polar surface area (TPSA) is 29.5 Å². The first-order valence-electron chi connectivity index (χ1n) is 6.42. The maximum atomic E-state index is 9.14. The molecule has 0 aromatic heterocycles. The number of rotatable bonds is 3. The first kappa shape index (κ1) is 10.1. The maximum Gasteiger partial charge on any atom is 0.0687 e. The molecule has 4 fully saturated rings. The Morgan fingerprint density at radius 1 is 1.20 bits per heavy atom. The molecule has 0 amide bonds.